The first-order valence-electron chi connectivity index (χ1n) is 14.6. The van der Waals surface area contributed by atoms with E-state index < -0.39 is 23.3 Å². The molecule has 0 spiro atoms. The maximum Gasteiger partial charge on any atom is 0.319 e. The minimum absolute atomic E-state index is 0.00158. The number of carbonyl (C=O) groups excluding carboxylic acids is 1. The van der Waals surface area contributed by atoms with Crippen LogP contribution in [0.1, 0.15) is 31.2 Å². The van der Waals surface area contributed by atoms with Gasteiger partial charge in [0.25, 0.3) is 0 Å². The lowest BCUT2D eigenvalue weighted by atomic mass is 9.95. The molecule has 2 aromatic carbocycles. The van der Waals surface area contributed by atoms with E-state index in [1.54, 1.807) is 0 Å². The summed E-state index contributed by atoms with van der Waals surface area (Å²) in [5.41, 5.74) is 5.56. The number of esters is 1. The minimum Gasteiger partial charge on any atom is -0.469 e. The van der Waals surface area contributed by atoms with Gasteiger partial charge in [-0.1, -0.05) is 17.7 Å². The summed E-state index contributed by atoms with van der Waals surface area (Å²) in [7, 11) is 1.34. The van der Waals surface area contributed by atoms with Gasteiger partial charge in [-0.25, -0.2) is 13.2 Å². The number of halogens is 4. The van der Waals surface area contributed by atoms with Gasteiger partial charge in [-0.3, -0.25) is 9.69 Å². The van der Waals surface area contributed by atoms with Crippen LogP contribution in [0.3, 0.4) is 0 Å². The fraction of sp³-hybridized carbons (Fsp3) is 0.419. The Labute approximate surface area is 265 Å². The number of hydrogen-bond acceptors (Lipinski definition) is 10. The van der Waals surface area contributed by atoms with Crippen molar-refractivity contribution in [2.75, 3.05) is 44.4 Å². The Hall–Kier alpha value is -3.86. The third kappa shape index (κ3) is 4.99. The summed E-state index contributed by atoms with van der Waals surface area (Å²) in [6.07, 6.45) is 1.71. The number of hydrogen-bond donors (Lipinski definition) is 2. The molecule has 4 atom stereocenters. The van der Waals surface area contributed by atoms with Crippen molar-refractivity contribution in [2.45, 2.75) is 37.4 Å². The Morgan fingerprint density at radius 3 is 2.96 bits per heavy atom. The van der Waals surface area contributed by atoms with Gasteiger partial charge in [0.1, 0.15) is 41.0 Å². The fourth-order valence-electron chi connectivity index (χ4n) is 6.92. The van der Waals surface area contributed by atoms with Crippen LogP contribution >= 0.6 is 22.9 Å². The Bertz CT molecular complexity index is 1920. The second-order valence-electron chi connectivity index (χ2n) is 11.9. The Morgan fingerprint density at radius 1 is 1.36 bits per heavy atom. The predicted molar refractivity (Wildman–Crippen MR) is 165 cm³/mol. The molecule has 14 heteroatoms. The van der Waals surface area contributed by atoms with Crippen molar-refractivity contribution < 1.29 is 27.4 Å². The molecule has 3 fully saturated rings. The molecule has 1 saturated carbocycles. The van der Waals surface area contributed by atoms with E-state index >= 15 is 4.39 Å². The molecule has 2 aliphatic heterocycles. The Kier molecular flexibility index (Phi) is 7.42. The smallest absolute Gasteiger partial charge is 0.319 e. The van der Waals surface area contributed by atoms with Crippen LogP contribution in [-0.2, 0) is 9.53 Å². The van der Waals surface area contributed by atoms with Crippen molar-refractivity contribution in [3.8, 4) is 23.2 Å². The molecule has 0 unspecified atom stereocenters. The van der Waals surface area contributed by atoms with Gasteiger partial charge in [0.2, 0.25) is 0 Å². The van der Waals surface area contributed by atoms with Gasteiger partial charge in [0, 0.05) is 35.8 Å². The number of nitrogen functional groups attached to an aromatic ring is 1. The van der Waals surface area contributed by atoms with Gasteiger partial charge in [-0.15, -0.1) is 11.3 Å². The molecule has 4 aromatic rings. The van der Waals surface area contributed by atoms with Gasteiger partial charge < -0.3 is 20.5 Å². The molecule has 234 valence electrons. The van der Waals surface area contributed by atoms with E-state index in [9.17, 15) is 18.8 Å². The van der Waals surface area contributed by atoms with Crippen LogP contribution in [0.5, 0.6) is 6.01 Å². The molecule has 45 heavy (non-hydrogen) atoms. The maximum absolute atomic E-state index is 16.7. The molecule has 9 nitrogen and oxygen atoms in total. The van der Waals surface area contributed by atoms with Crippen LogP contribution in [0.4, 0.5) is 24.0 Å². The van der Waals surface area contributed by atoms with Crippen molar-refractivity contribution in [1.29, 1.82) is 5.26 Å². The molecule has 3 aliphatic rings. The largest absolute Gasteiger partial charge is 0.469 e. The van der Waals surface area contributed by atoms with Gasteiger partial charge in [0.05, 0.1) is 33.9 Å². The highest BCUT2D eigenvalue weighted by atomic mass is 35.5. The van der Waals surface area contributed by atoms with E-state index in [-0.39, 0.29) is 83.9 Å². The van der Waals surface area contributed by atoms with E-state index in [0.717, 1.165) is 30.7 Å². The number of aromatic nitrogens is 2. The second kappa shape index (κ2) is 11.2. The lowest BCUT2D eigenvalue weighted by molar-refractivity contribution is -0.142. The van der Waals surface area contributed by atoms with Crippen LogP contribution in [-0.4, -0.2) is 65.9 Å². The van der Waals surface area contributed by atoms with E-state index in [1.165, 1.54) is 25.3 Å². The number of carbonyl (C=O) groups is 1. The lowest BCUT2D eigenvalue weighted by Crippen LogP contribution is -2.43. The highest BCUT2D eigenvalue weighted by Gasteiger charge is 2.49. The van der Waals surface area contributed by atoms with Gasteiger partial charge >= 0.3 is 12.0 Å². The number of thiophene rings is 1. The maximum atomic E-state index is 16.7. The number of nitrogens with two attached hydrogens (primary N) is 1. The van der Waals surface area contributed by atoms with Crippen LogP contribution in [0.15, 0.2) is 18.2 Å². The normalized spacial score (nSPS) is 24.1. The number of fused-ring (bicyclic) bond motifs is 3. The number of alkyl halides is 1. The van der Waals surface area contributed by atoms with E-state index in [4.69, 9.17) is 26.8 Å². The number of nitrogens with zero attached hydrogens (tertiary/aromatic N) is 4. The van der Waals surface area contributed by atoms with Crippen LogP contribution in [0.25, 0.3) is 32.1 Å². The summed E-state index contributed by atoms with van der Waals surface area (Å²) in [6, 6.07) is 5.93. The highest BCUT2D eigenvalue weighted by molar-refractivity contribution is 7.23. The zero-order valence-electron chi connectivity index (χ0n) is 24.1. The molecule has 4 heterocycles. The number of benzene rings is 2. The zero-order valence-corrected chi connectivity index (χ0v) is 25.7. The van der Waals surface area contributed by atoms with Crippen LogP contribution in [0.2, 0.25) is 5.02 Å². The first kappa shape index (κ1) is 29.8. The Balaban J connectivity index is 1.32. The summed E-state index contributed by atoms with van der Waals surface area (Å²) in [5, 5.41) is 13.5. The van der Waals surface area contributed by atoms with Gasteiger partial charge in [-0.2, -0.15) is 15.2 Å². The van der Waals surface area contributed by atoms with E-state index in [2.05, 4.69) is 20.2 Å². The van der Waals surface area contributed by atoms with Crippen molar-refractivity contribution >= 4 is 60.7 Å². The molecule has 0 bridgehead atoms. The molecule has 0 amide bonds. The van der Waals surface area contributed by atoms with Crippen molar-refractivity contribution in [1.82, 2.24) is 14.9 Å². The number of rotatable bonds is 8. The SMILES string of the molecule is COC(=O)[C@H]1C[C@H]1CNc1nc(OC[C@@]23CCCN2C[C@H](F)C3)nc2c(F)c(-c3ccc(F)c4sc(N)c(C#N)c34)c(Cl)cc12. The molecule has 7 rings (SSSR count). The minimum atomic E-state index is -0.955. The van der Waals surface area contributed by atoms with Crippen molar-refractivity contribution in [2.24, 2.45) is 11.8 Å². The van der Waals surface area contributed by atoms with Crippen LogP contribution in [0, 0.1) is 34.8 Å². The molecular formula is C31H28ClF3N6O3S. The van der Waals surface area contributed by atoms with Crippen molar-refractivity contribution in [3.05, 3.63) is 40.4 Å². The van der Waals surface area contributed by atoms with Gasteiger partial charge in [-0.05, 0) is 49.4 Å². The number of ether oxygens (including phenoxy) is 2. The molecule has 0 radical (unpaired) electrons. The first-order chi connectivity index (χ1) is 21.6. The predicted octanol–water partition coefficient (Wildman–Crippen LogP) is 6.07. The average Bonchev–Trinajstić information content (AvgIpc) is 3.42. The number of methoxy groups -OCH3 is 1. The average molecular weight is 657 g/mol. The summed E-state index contributed by atoms with van der Waals surface area (Å²) >= 11 is 7.61. The monoisotopic (exact) mass is 656 g/mol. The van der Waals surface area contributed by atoms with Crippen LogP contribution < -0.4 is 15.8 Å². The molecule has 2 saturated heterocycles. The number of anilines is 2. The molecule has 1 aliphatic carbocycles. The summed E-state index contributed by atoms with van der Waals surface area (Å²) in [6.45, 7) is 1.61. The quantitative estimate of drug-likeness (QED) is 0.217. The lowest BCUT2D eigenvalue weighted by Gasteiger charge is -2.30. The van der Waals surface area contributed by atoms with Gasteiger partial charge in [0.15, 0.2) is 5.82 Å². The molecule has 2 aromatic heterocycles. The zero-order chi connectivity index (χ0) is 31.6. The number of nitrogens with one attached hydrogen (secondary N) is 1. The first-order valence-corrected chi connectivity index (χ1v) is 15.8. The third-order valence-corrected chi connectivity index (χ3v) is 10.6. The summed E-state index contributed by atoms with van der Waals surface area (Å²) < 4.78 is 56.9. The van der Waals surface area contributed by atoms with E-state index in [0.29, 0.717) is 25.9 Å². The number of nitriles is 1. The fourth-order valence-corrected chi connectivity index (χ4v) is 8.16. The Morgan fingerprint density at radius 2 is 2.18 bits per heavy atom. The van der Waals surface area contributed by atoms with Crippen molar-refractivity contribution in [3.63, 3.8) is 0 Å². The highest BCUT2D eigenvalue weighted by Crippen LogP contribution is 2.46. The standard InChI is InChI=1S/C31H28ClF3N6O3S/c1-43-29(42)17-7-14(17)11-38-28-18-8-20(32)23(16-3-4-21(34)26-22(16)19(10-36)27(37)45-26)24(35)25(18)39-30(40-28)44-13-31-5-2-6-41(31)12-15(33)9-31/h3-4,8,14-15,17H,2,5-7,9,11-13,37H2,1H3,(H,38,39,40)/t14-,15+,17-,31-/m0/s1. The second-order valence-corrected chi connectivity index (χ2v) is 13.4. The third-order valence-electron chi connectivity index (χ3n) is 9.25. The van der Waals surface area contributed by atoms with E-state index in [1.807, 2.05) is 6.07 Å². The molecule has 3 N–H and O–H groups in total. The summed E-state index contributed by atoms with van der Waals surface area (Å²) in [5.74, 6) is -1.71. The summed E-state index contributed by atoms with van der Waals surface area (Å²) in [4.78, 5) is 23.1. The molecular weight excluding hydrogens is 629 g/mol. The topological polar surface area (TPSA) is 126 Å².